The Kier molecular flexibility index (Phi) is 5.37. The number of carbonyl (C=O) groups is 1. The van der Waals surface area contributed by atoms with Gasteiger partial charge in [-0.3, -0.25) is 9.78 Å². The van der Waals surface area contributed by atoms with Gasteiger partial charge < -0.3 is 10.1 Å². The maximum absolute atomic E-state index is 13.4. The first-order chi connectivity index (χ1) is 13.9. The Hall–Kier alpha value is -2.36. The minimum absolute atomic E-state index is 0.0405. The van der Waals surface area contributed by atoms with E-state index in [2.05, 4.69) is 10.3 Å². The van der Waals surface area contributed by atoms with E-state index in [1.807, 2.05) is 0 Å². The maximum Gasteiger partial charge on any atom is 0.270 e. The lowest BCUT2D eigenvalue weighted by atomic mass is 9.88. The first-order valence-corrected chi connectivity index (χ1v) is 10.9. The van der Waals surface area contributed by atoms with Gasteiger partial charge in [0.25, 0.3) is 5.91 Å². The van der Waals surface area contributed by atoms with Crippen LogP contribution in [0.15, 0.2) is 53.6 Å². The molecule has 1 atom stereocenters. The number of nitrogens with zero attached hydrogens (tertiary/aromatic N) is 2. The van der Waals surface area contributed by atoms with E-state index in [0.29, 0.717) is 44.7 Å². The van der Waals surface area contributed by atoms with Crippen LogP contribution in [0.1, 0.15) is 29.8 Å². The van der Waals surface area contributed by atoms with Crippen LogP contribution in [0.25, 0.3) is 0 Å². The van der Waals surface area contributed by atoms with Crippen molar-refractivity contribution in [3.8, 4) is 0 Å². The molecule has 9 heteroatoms. The van der Waals surface area contributed by atoms with Crippen molar-refractivity contribution >= 4 is 15.9 Å². The number of carbonyl (C=O) groups excluding carboxylic acids is 1. The molecule has 1 N–H and O–H groups in total. The number of hydrogen-bond donors (Lipinski definition) is 1. The van der Waals surface area contributed by atoms with E-state index in [1.165, 1.54) is 22.5 Å². The van der Waals surface area contributed by atoms with Crippen molar-refractivity contribution in [3.63, 3.8) is 0 Å². The summed E-state index contributed by atoms with van der Waals surface area (Å²) in [7, 11) is -3.74. The van der Waals surface area contributed by atoms with E-state index in [-0.39, 0.29) is 16.8 Å². The van der Waals surface area contributed by atoms with Crippen molar-refractivity contribution in [1.29, 1.82) is 0 Å². The molecule has 1 aromatic carbocycles. The summed E-state index contributed by atoms with van der Waals surface area (Å²) >= 11 is 0. The van der Waals surface area contributed by atoms with Crippen LogP contribution in [0, 0.1) is 5.82 Å². The number of piperidine rings is 1. The molecular weight excluding hydrogens is 397 g/mol. The van der Waals surface area contributed by atoms with Gasteiger partial charge in [0.1, 0.15) is 11.5 Å². The van der Waals surface area contributed by atoms with Crippen LogP contribution < -0.4 is 5.32 Å². The van der Waals surface area contributed by atoms with E-state index in [1.54, 1.807) is 24.4 Å². The van der Waals surface area contributed by atoms with Gasteiger partial charge in [0.2, 0.25) is 10.0 Å². The fourth-order valence-corrected chi connectivity index (χ4v) is 5.43. The van der Waals surface area contributed by atoms with Gasteiger partial charge in [0.05, 0.1) is 23.1 Å². The quantitative estimate of drug-likeness (QED) is 0.819. The highest BCUT2D eigenvalue weighted by Gasteiger charge is 2.45. The maximum atomic E-state index is 13.4. The van der Waals surface area contributed by atoms with Crippen molar-refractivity contribution in [2.24, 2.45) is 0 Å². The lowest BCUT2D eigenvalue weighted by molar-refractivity contribution is -0.0311. The molecule has 0 unspecified atom stereocenters. The highest BCUT2D eigenvalue weighted by molar-refractivity contribution is 7.89. The molecule has 0 aliphatic carbocycles. The number of aromatic nitrogens is 1. The molecule has 2 fully saturated rings. The first kappa shape index (κ1) is 19.9. The fraction of sp³-hybridized carbons (Fsp3) is 0.400. The molecule has 2 saturated heterocycles. The largest absolute Gasteiger partial charge is 0.373 e. The third-order valence-electron chi connectivity index (χ3n) is 5.51. The van der Waals surface area contributed by atoms with Crippen LogP contribution in [0.3, 0.4) is 0 Å². The van der Waals surface area contributed by atoms with Crippen LogP contribution in [-0.4, -0.2) is 55.0 Å². The Bertz CT molecular complexity index is 992. The van der Waals surface area contributed by atoms with Crippen LogP contribution >= 0.6 is 0 Å². The molecule has 0 bridgehead atoms. The summed E-state index contributed by atoms with van der Waals surface area (Å²) < 4.78 is 46.3. The molecule has 0 radical (unpaired) electrons. The summed E-state index contributed by atoms with van der Waals surface area (Å²) in [6.45, 7) is 0.967. The number of benzene rings is 1. The van der Waals surface area contributed by atoms with Crippen LogP contribution in [0.5, 0.6) is 0 Å². The highest BCUT2D eigenvalue weighted by atomic mass is 32.2. The number of hydrogen-bond acceptors (Lipinski definition) is 5. The van der Waals surface area contributed by atoms with Crippen molar-refractivity contribution in [3.05, 3.63) is 60.2 Å². The van der Waals surface area contributed by atoms with Gasteiger partial charge in [-0.05, 0) is 49.6 Å². The number of amides is 1. The van der Waals surface area contributed by atoms with E-state index >= 15 is 0 Å². The van der Waals surface area contributed by atoms with E-state index < -0.39 is 21.4 Å². The molecular formula is C20H22FN3O4S. The minimum atomic E-state index is -3.74. The van der Waals surface area contributed by atoms with Gasteiger partial charge in [-0.2, -0.15) is 4.31 Å². The average molecular weight is 419 g/mol. The van der Waals surface area contributed by atoms with Gasteiger partial charge >= 0.3 is 0 Å². The lowest BCUT2D eigenvalue weighted by Gasteiger charge is -2.38. The third kappa shape index (κ3) is 4.17. The molecule has 2 aliphatic rings. The van der Waals surface area contributed by atoms with Crippen molar-refractivity contribution in [1.82, 2.24) is 14.6 Å². The van der Waals surface area contributed by atoms with Crippen molar-refractivity contribution in [2.75, 3.05) is 19.7 Å². The van der Waals surface area contributed by atoms with Crippen molar-refractivity contribution in [2.45, 2.75) is 35.8 Å². The predicted molar refractivity (Wildman–Crippen MR) is 103 cm³/mol. The Labute approximate surface area is 168 Å². The van der Waals surface area contributed by atoms with Crippen LogP contribution in [-0.2, 0) is 14.8 Å². The Balaban J connectivity index is 1.36. The summed E-state index contributed by atoms with van der Waals surface area (Å²) in [5.41, 5.74) is -0.0970. The molecule has 1 amide bonds. The van der Waals surface area contributed by atoms with Gasteiger partial charge in [-0.1, -0.05) is 12.1 Å². The Morgan fingerprint density at radius 3 is 2.69 bits per heavy atom. The lowest BCUT2D eigenvalue weighted by Crippen LogP contribution is -2.47. The molecule has 3 heterocycles. The minimum Gasteiger partial charge on any atom is -0.373 e. The van der Waals surface area contributed by atoms with Crippen LogP contribution in [0.4, 0.5) is 4.39 Å². The second kappa shape index (κ2) is 7.81. The topological polar surface area (TPSA) is 88.6 Å². The van der Waals surface area contributed by atoms with Crippen molar-refractivity contribution < 1.29 is 22.3 Å². The zero-order chi connectivity index (χ0) is 20.5. The molecule has 29 heavy (non-hydrogen) atoms. The number of halogens is 1. The van der Waals surface area contributed by atoms with Gasteiger partial charge in [0, 0.05) is 19.3 Å². The molecule has 2 aliphatic heterocycles. The average Bonchev–Trinajstić information content (AvgIpc) is 3.11. The van der Waals surface area contributed by atoms with Gasteiger partial charge in [-0.25, -0.2) is 12.8 Å². The summed E-state index contributed by atoms with van der Waals surface area (Å²) in [4.78, 5) is 16.3. The summed E-state index contributed by atoms with van der Waals surface area (Å²) in [6.07, 6.45) is 3.24. The second-order valence-corrected chi connectivity index (χ2v) is 9.38. The van der Waals surface area contributed by atoms with Gasteiger partial charge in [0.15, 0.2) is 0 Å². The summed E-state index contributed by atoms with van der Waals surface area (Å²) in [6, 6.07) is 10.1. The normalized spacial score (nSPS) is 21.9. The summed E-state index contributed by atoms with van der Waals surface area (Å²) in [5, 5.41) is 2.94. The molecule has 7 nitrogen and oxygen atoms in total. The molecule has 0 saturated carbocycles. The zero-order valence-electron chi connectivity index (χ0n) is 15.8. The van der Waals surface area contributed by atoms with Crippen LogP contribution in [0.2, 0.25) is 0 Å². The Morgan fingerprint density at radius 2 is 2.00 bits per heavy atom. The SMILES string of the molecule is O=C(N[C@H]1COC2(CCN(S(=O)(=O)c3cccc(F)c3)CC2)C1)c1ccccn1. The molecule has 1 aromatic heterocycles. The fourth-order valence-electron chi connectivity index (χ4n) is 3.95. The predicted octanol–water partition coefficient (Wildman–Crippen LogP) is 1.96. The van der Waals surface area contributed by atoms with Gasteiger partial charge in [-0.15, -0.1) is 0 Å². The van der Waals surface area contributed by atoms with E-state index in [0.717, 1.165) is 6.07 Å². The second-order valence-electron chi connectivity index (χ2n) is 7.44. The number of sulfonamides is 1. The molecule has 2 aromatic rings. The standard InChI is InChI=1S/C20H22FN3O4S/c21-15-4-3-5-17(12-15)29(26,27)24-10-7-20(8-11-24)13-16(14-28-20)23-19(25)18-6-1-2-9-22-18/h1-6,9,12,16H,7-8,10-11,13-14H2,(H,23,25)/t16-/m1/s1. The first-order valence-electron chi connectivity index (χ1n) is 9.50. The Morgan fingerprint density at radius 1 is 1.21 bits per heavy atom. The number of ether oxygens (including phenoxy) is 1. The monoisotopic (exact) mass is 419 g/mol. The zero-order valence-corrected chi connectivity index (χ0v) is 16.6. The van der Waals surface area contributed by atoms with E-state index in [9.17, 15) is 17.6 Å². The molecule has 4 rings (SSSR count). The smallest absolute Gasteiger partial charge is 0.270 e. The molecule has 1 spiro atoms. The molecule has 154 valence electrons. The number of pyridine rings is 1. The highest BCUT2D eigenvalue weighted by Crippen LogP contribution is 2.37. The third-order valence-corrected chi connectivity index (χ3v) is 7.40. The van der Waals surface area contributed by atoms with E-state index in [4.69, 9.17) is 4.74 Å². The summed E-state index contributed by atoms with van der Waals surface area (Å²) in [5.74, 6) is -0.826. The number of rotatable bonds is 4. The number of nitrogens with one attached hydrogen (secondary N) is 1.